The third kappa shape index (κ3) is 2.51. The molecule has 2 aromatic rings. The minimum atomic E-state index is -0.224. The fourth-order valence-electron chi connectivity index (χ4n) is 2.36. The highest BCUT2D eigenvalue weighted by atomic mass is 16.2. The Hall–Kier alpha value is -2.13. The first-order valence-electron chi connectivity index (χ1n) is 6.51. The number of carbonyl (C=O) groups is 1. The molecule has 1 heterocycles. The lowest BCUT2D eigenvalue weighted by molar-refractivity contribution is -0.124. The summed E-state index contributed by atoms with van der Waals surface area (Å²) in [7, 11) is 0. The lowest BCUT2D eigenvalue weighted by Crippen LogP contribution is -2.47. The SMILES string of the molecule is O=C1NCCN[C@H]1c1ccc(-c2ccccc2)cc1. The summed E-state index contributed by atoms with van der Waals surface area (Å²) in [6.07, 6.45) is 0. The van der Waals surface area contributed by atoms with Crippen LogP contribution in [0.25, 0.3) is 11.1 Å². The predicted molar refractivity (Wildman–Crippen MR) is 75.6 cm³/mol. The molecule has 1 aliphatic rings. The Morgan fingerprint density at radius 2 is 1.53 bits per heavy atom. The highest BCUT2D eigenvalue weighted by molar-refractivity contribution is 5.84. The highest BCUT2D eigenvalue weighted by Crippen LogP contribution is 2.22. The van der Waals surface area contributed by atoms with E-state index in [1.54, 1.807) is 0 Å². The third-order valence-electron chi connectivity index (χ3n) is 3.39. The van der Waals surface area contributed by atoms with Gasteiger partial charge in [0.25, 0.3) is 0 Å². The van der Waals surface area contributed by atoms with Gasteiger partial charge in [0.2, 0.25) is 5.91 Å². The number of piperazine rings is 1. The first kappa shape index (κ1) is 11.9. The minimum Gasteiger partial charge on any atom is -0.353 e. The number of nitrogens with one attached hydrogen (secondary N) is 2. The molecule has 0 unspecified atom stereocenters. The van der Waals surface area contributed by atoms with E-state index in [-0.39, 0.29) is 11.9 Å². The summed E-state index contributed by atoms with van der Waals surface area (Å²) in [5.41, 5.74) is 3.37. The molecule has 0 aliphatic carbocycles. The van der Waals surface area contributed by atoms with Crippen LogP contribution in [0.4, 0.5) is 0 Å². The maximum atomic E-state index is 11.8. The maximum Gasteiger partial charge on any atom is 0.241 e. The first-order chi connectivity index (χ1) is 9.34. The van der Waals surface area contributed by atoms with Crippen LogP contribution in [0.3, 0.4) is 0 Å². The van der Waals surface area contributed by atoms with Gasteiger partial charge < -0.3 is 10.6 Å². The number of amides is 1. The Labute approximate surface area is 112 Å². The molecule has 3 rings (SSSR count). The molecule has 2 aromatic carbocycles. The zero-order valence-electron chi connectivity index (χ0n) is 10.6. The average Bonchev–Trinajstić information content (AvgIpc) is 2.49. The molecule has 1 fully saturated rings. The van der Waals surface area contributed by atoms with Crippen LogP contribution in [0.5, 0.6) is 0 Å². The van der Waals surface area contributed by atoms with Gasteiger partial charge in [0, 0.05) is 13.1 Å². The summed E-state index contributed by atoms with van der Waals surface area (Å²) >= 11 is 0. The van der Waals surface area contributed by atoms with Crippen LogP contribution in [0.2, 0.25) is 0 Å². The van der Waals surface area contributed by atoms with Gasteiger partial charge in [-0.25, -0.2) is 0 Å². The van der Waals surface area contributed by atoms with Crippen molar-refractivity contribution in [3.05, 3.63) is 60.2 Å². The molecule has 3 heteroatoms. The standard InChI is InChI=1S/C16H16N2O/c19-16-15(17-10-11-18-16)14-8-6-13(7-9-14)12-4-2-1-3-5-12/h1-9,15,17H,10-11H2,(H,18,19)/t15-/m0/s1. The third-order valence-corrected chi connectivity index (χ3v) is 3.39. The van der Waals surface area contributed by atoms with Gasteiger partial charge in [-0.1, -0.05) is 54.6 Å². The van der Waals surface area contributed by atoms with E-state index in [9.17, 15) is 4.79 Å². The molecule has 0 radical (unpaired) electrons. The average molecular weight is 252 g/mol. The van der Waals surface area contributed by atoms with Crippen LogP contribution in [-0.2, 0) is 4.79 Å². The van der Waals surface area contributed by atoms with Crippen LogP contribution in [0.15, 0.2) is 54.6 Å². The molecule has 1 atom stereocenters. The minimum absolute atomic E-state index is 0.0544. The summed E-state index contributed by atoms with van der Waals surface area (Å²) in [4.78, 5) is 11.8. The number of benzene rings is 2. The van der Waals surface area contributed by atoms with Crippen molar-refractivity contribution in [2.24, 2.45) is 0 Å². The van der Waals surface area contributed by atoms with Crippen molar-refractivity contribution in [3.8, 4) is 11.1 Å². The van der Waals surface area contributed by atoms with Gasteiger partial charge >= 0.3 is 0 Å². The molecular weight excluding hydrogens is 236 g/mol. The second-order valence-electron chi connectivity index (χ2n) is 4.67. The molecule has 96 valence electrons. The molecule has 0 saturated carbocycles. The van der Waals surface area contributed by atoms with Crippen LogP contribution in [0.1, 0.15) is 11.6 Å². The van der Waals surface area contributed by atoms with Gasteiger partial charge in [-0.05, 0) is 16.7 Å². The quantitative estimate of drug-likeness (QED) is 0.859. The molecule has 19 heavy (non-hydrogen) atoms. The molecule has 0 aromatic heterocycles. The zero-order valence-corrected chi connectivity index (χ0v) is 10.6. The van der Waals surface area contributed by atoms with Gasteiger partial charge in [-0.3, -0.25) is 4.79 Å². The molecule has 0 spiro atoms. The topological polar surface area (TPSA) is 41.1 Å². The molecule has 3 nitrogen and oxygen atoms in total. The summed E-state index contributed by atoms with van der Waals surface area (Å²) < 4.78 is 0. The van der Waals surface area contributed by atoms with E-state index in [1.807, 2.05) is 30.3 Å². The molecule has 0 bridgehead atoms. The van der Waals surface area contributed by atoms with Crippen LogP contribution >= 0.6 is 0 Å². The van der Waals surface area contributed by atoms with E-state index >= 15 is 0 Å². The maximum absolute atomic E-state index is 11.8. The van der Waals surface area contributed by atoms with Gasteiger partial charge in [0.05, 0.1) is 0 Å². The Morgan fingerprint density at radius 3 is 2.21 bits per heavy atom. The van der Waals surface area contributed by atoms with Crippen molar-refractivity contribution in [1.82, 2.24) is 10.6 Å². The number of rotatable bonds is 2. The highest BCUT2D eigenvalue weighted by Gasteiger charge is 2.22. The first-order valence-corrected chi connectivity index (χ1v) is 6.51. The van der Waals surface area contributed by atoms with Crippen LogP contribution < -0.4 is 10.6 Å². The Balaban J connectivity index is 1.85. The normalized spacial score (nSPS) is 18.9. The summed E-state index contributed by atoms with van der Waals surface area (Å²) in [6, 6.07) is 18.2. The fraction of sp³-hybridized carbons (Fsp3) is 0.188. The molecular formula is C16H16N2O. The van der Waals surface area contributed by atoms with Gasteiger partial charge in [0.1, 0.15) is 6.04 Å². The van der Waals surface area contributed by atoms with Gasteiger partial charge in [0.15, 0.2) is 0 Å². The van der Waals surface area contributed by atoms with Crippen molar-refractivity contribution in [1.29, 1.82) is 0 Å². The van der Waals surface area contributed by atoms with Crippen molar-refractivity contribution >= 4 is 5.91 Å². The molecule has 1 saturated heterocycles. The fourth-order valence-corrected chi connectivity index (χ4v) is 2.36. The Bertz CT molecular complexity index is 563. The van der Waals surface area contributed by atoms with E-state index in [4.69, 9.17) is 0 Å². The van der Waals surface area contributed by atoms with E-state index in [2.05, 4.69) is 34.9 Å². The van der Waals surface area contributed by atoms with Crippen molar-refractivity contribution in [3.63, 3.8) is 0 Å². The van der Waals surface area contributed by atoms with E-state index in [1.165, 1.54) is 11.1 Å². The lowest BCUT2D eigenvalue weighted by Gasteiger charge is -2.23. The lowest BCUT2D eigenvalue weighted by atomic mass is 10.00. The summed E-state index contributed by atoms with van der Waals surface area (Å²) in [6.45, 7) is 1.52. The summed E-state index contributed by atoms with van der Waals surface area (Å²) in [5.74, 6) is 0.0544. The number of carbonyl (C=O) groups excluding carboxylic acids is 1. The summed E-state index contributed by atoms with van der Waals surface area (Å²) in [5, 5.41) is 6.11. The predicted octanol–water partition coefficient (Wildman–Crippen LogP) is 2.11. The van der Waals surface area contributed by atoms with Gasteiger partial charge in [-0.2, -0.15) is 0 Å². The Morgan fingerprint density at radius 1 is 0.842 bits per heavy atom. The largest absolute Gasteiger partial charge is 0.353 e. The molecule has 1 amide bonds. The van der Waals surface area contributed by atoms with Gasteiger partial charge in [-0.15, -0.1) is 0 Å². The number of hydrogen-bond acceptors (Lipinski definition) is 2. The van der Waals surface area contributed by atoms with Crippen LogP contribution in [-0.4, -0.2) is 19.0 Å². The van der Waals surface area contributed by atoms with E-state index < -0.39 is 0 Å². The van der Waals surface area contributed by atoms with E-state index in [0.29, 0.717) is 6.54 Å². The van der Waals surface area contributed by atoms with Crippen molar-refractivity contribution in [2.75, 3.05) is 13.1 Å². The second-order valence-corrected chi connectivity index (χ2v) is 4.67. The second kappa shape index (κ2) is 5.24. The smallest absolute Gasteiger partial charge is 0.241 e. The van der Waals surface area contributed by atoms with Crippen molar-refractivity contribution < 1.29 is 4.79 Å². The molecule has 1 aliphatic heterocycles. The monoisotopic (exact) mass is 252 g/mol. The number of hydrogen-bond donors (Lipinski definition) is 2. The van der Waals surface area contributed by atoms with Crippen LogP contribution in [0, 0.1) is 0 Å². The Kier molecular flexibility index (Phi) is 3.29. The molecule has 2 N–H and O–H groups in total. The van der Waals surface area contributed by atoms with Crippen molar-refractivity contribution in [2.45, 2.75) is 6.04 Å². The van der Waals surface area contributed by atoms with E-state index in [0.717, 1.165) is 12.1 Å². The zero-order chi connectivity index (χ0) is 13.1.